The Labute approximate surface area is 187 Å². The van der Waals surface area contributed by atoms with Crippen molar-refractivity contribution in [1.29, 1.82) is 0 Å². The molecule has 0 aromatic carbocycles. The summed E-state index contributed by atoms with van der Waals surface area (Å²) in [6, 6.07) is 0. The monoisotopic (exact) mass is 476 g/mol. The van der Waals surface area contributed by atoms with E-state index >= 15 is 0 Å². The molecule has 0 radical (unpaired) electrons. The number of thiophene rings is 1. The quantitative estimate of drug-likeness (QED) is 0.697. The summed E-state index contributed by atoms with van der Waals surface area (Å²) in [5, 5.41) is 14.5. The number of nitrogens with one attached hydrogen (secondary N) is 1. The summed E-state index contributed by atoms with van der Waals surface area (Å²) in [7, 11) is 0. The van der Waals surface area contributed by atoms with Crippen LogP contribution < -0.4 is 10.1 Å². The Balaban J connectivity index is 1.51. The Morgan fingerprint density at radius 1 is 1.34 bits per heavy atom. The average molecular weight is 477 g/mol. The first-order chi connectivity index (χ1) is 15.1. The van der Waals surface area contributed by atoms with Gasteiger partial charge in [-0.3, -0.25) is 9.59 Å². The molecule has 1 aromatic rings. The molecule has 3 atom stereocenters. The number of amides is 2. The molecule has 11 heteroatoms. The standard InChI is InChI=1S/C21H27F3N2O5S/c1-19(29,21(22,23)24)18(28)25-11-20-6-3-9-30-15(20)5-7-26(12-20)16(27)14-10-32-17-13(14)4-2-8-31-17/h10,15,29H,2-9,11-12H2,1H3,(H,25,28)/t15-,19?,20+/m1/s1. The number of aliphatic hydroxyl groups is 1. The van der Waals surface area contributed by atoms with Crippen LogP contribution >= 0.6 is 11.3 Å². The molecule has 1 aromatic heterocycles. The molecule has 1 unspecified atom stereocenters. The molecule has 0 saturated carbocycles. The molecule has 7 nitrogen and oxygen atoms in total. The first kappa shape index (κ1) is 23.3. The van der Waals surface area contributed by atoms with Gasteiger partial charge in [-0.25, -0.2) is 0 Å². The maximum absolute atomic E-state index is 13.3. The Kier molecular flexibility index (Phi) is 6.19. The van der Waals surface area contributed by atoms with E-state index < -0.39 is 23.1 Å². The number of carbonyl (C=O) groups is 2. The fraction of sp³-hybridized carbons (Fsp3) is 0.714. The van der Waals surface area contributed by atoms with E-state index in [0.717, 1.165) is 23.5 Å². The summed E-state index contributed by atoms with van der Waals surface area (Å²) in [5.74, 6) is -1.64. The van der Waals surface area contributed by atoms with Crippen molar-refractivity contribution in [2.75, 3.05) is 32.8 Å². The van der Waals surface area contributed by atoms with Crippen molar-refractivity contribution >= 4 is 23.2 Å². The SMILES string of the molecule is CC(O)(C(=O)NC[C@]12CCCO[C@@H]1CCN(C(=O)c1csc3c1CCCO3)C2)C(F)(F)F. The van der Waals surface area contributed by atoms with E-state index in [9.17, 15) is 27.9 Å². The van der Waals surface area contributed by atoms with E-state index in [2.05, 4.69) is 5.32 Å². The van der Waals surface area contributed by atoms with Crippen LogP contribution in [0.15, 0.2) is 5.38 Å². The van der Waals surface area contributed by atoms with Crippen LogP contribution in [0.4, 0.5) is 13.2 Å². The Bertz CT molecular complexity index is 887. The molecule has 0 spiro atoms. The van der Waals surface area contributed by atoms with Gasteiger partial charge in [0.2, 0.25) is 5.60 Å². The summed E-state index contributed by atoms with van der Waals surface area (Å²) in [6.45, 7) is 2.21. The van der Waals surface area contributed by atoms with Crippen molar-refractivity contribution < 1.29 is 37.3 Å². The number of hydrogen-bond donors (Lipinski definition) is 2. The Morgan fingerprint density at radius 3 is 2.88 bits per heavy atom. The molecule has 2 saturated heterocycles. The van der Waals surface area contributed by atoms with E-state index in [0.29, 0.717) is 51.5 Å². The minimum absolute atomic E-state index is 0.114. The molecule has 0 bridgehead atoms. The smallest absolute Gasteiger partial charge is 0.426 e. The number of likely N-dealkylation sites (tertiary alicyclic amines) is 1. The van der Waals surface area contributed by atoms with E-state index in [1.54, 1.807) is 10.3 Å². The minimum Gasteiger partial charge on any atom is -0.484 e. The summed E-state index contributed by atoms with van der Waals surface area (Å²) in [5.41, 5.74) is -2.68. The average Bonchev–Trinajstić information content (AvgIpc) is 3.20. The van der Waals surface area contributed by atoms with E-state index in [1.807, 2.05) is 0 Å². The number of fused-ring (bicyclic) bond motifs is 2. The number of halogens is 3. The molecule has 32 heavy (non-hydrogen) atoms. The Hall–Kier alpha value is -1.85. The topological polar surface area (TPSA) is 88.1 Å². The fourth-order valence-corrected chi connectivity index (χ4v) is 5.74. The zero-order valence-corrected chi connectivity index (χ0v) is 18.6. The van der Waals surface area contributed by atoms with Gasteiger partial charge in [0.05, 0.1) is 18.3 Å². The summed E-state index contributed by atoms with van der Waals surface area (Å²) >= 11 is 1.40. The molecule has 3 aliphatic rings. The zero-order chi connectivity index (χ0) is 23.1. The van der Waals surface area contributed by atoms with Crippen LogP contribution in [0.3, 0.4) is 0 Å². The van der Waals surface area contributed by atoms with Gasteiger partial charge >= 0.3 is 6.18 Å². The van der Waals surface area contributed by atoms with Gasteiger partial charge < -0.3 is 24.8 Å². The molecule has 4 rings (SSSR count). The van der Waals surface area contributed by atoms with Crippen molar-refractivity contribution in [1.82, 2.24) is 10.2 Å². The number of carbonyl (C=O) groups excluding carboxylic acids is 2. The van der Waals surface area contributed by atoms with Crippen LogP contribution in [-0.4, -0.2) is 72.6 Å². The van der Waals surface area contributed by atoms with Gasteiger partial charge in [-0.15, -0.1) is 11.3 Å². The predicted octanol–water partition coefficient (Wildman–Crippen LogP) is 2.51. The van der Waals surface area contributed by atoms with Crippen molar-refractivity contribution in [3.63, 3.8) is 0 Å². The number of nitrogens with zero attached hydrogens (tertiary/aromatic N) is 1. The third-order valence-corrected chi connectivity index (χ3v) is 7.69. The van der Waals surface area contributed by atoms with Crippen molar-refractivity contribution in [3.05, 3.63) is 16.5 Å². The second-order valence-electron chi connectivity index (χ2n) is 8.96. The lowest BCUT2D eigenvalue weighted by Gasteiger charge is -2.50. The highest BCUT2D eigenvalue weighted by atomic mass is 32.1. The van der Waals surface area contributed by atoms with Gasteiger partial charge in [-0.05, 0) is 39.0 Å². The molecular formula is C21H27F3N2O5S. The Morgan fingerprint density at radius 2 is 2.12 bits per heavy atom. The normalized spacial score (nSPS) is 27.5. The van der Waals surface area contributed by atoms with E-state index in [-0.39, 0.29) is 25.1 Å². The molecule has 178 valence electrons. The number of ether oxygens (including phenoxy) is 2. The highest BCUT2D eigenvalue weighted by Crippen LogP contribution is 2.42. The van der Waals surface area contributed by atoms with Crippen LogP contribution in [0.5, 0.6) is 5.06 Å². The first-order valence-electron chi connectivity index (χ1n) is 10.8. The highest BCUT2D eigenvalue weighted by molar-refractivity contribution is 7.12. The molecule has 2 fully saturated rings. The maximum Gasteiger partial charge on any atom is 0.426 e. The lowest BCUT2D eigenvalue weighted by molar-refractivity contribution is -0.245. The molecule has 2 amide bonds. The molecular weight excluding hydrogens is 449 g/mol. The van der Waals surface area contributed by atoms with E-state index in [4.69, 9.17) is 9.47 Å². The summed E-state index contributed by atoms with van der Waals surface area (Å²) in [4.78, 5) is 27.2. The molecule has 0 aliphatic carbocycles. The van der Waals surface area contributed by atoms with Crippen LogP contribution in [0.1, 0.15) is 48.5 Å². The predicted molar refractivity (Wildman–Crippen MR) is 110 cm³/mol. The fourth-order valence-electron chi connectivity index (χ4n) is 4.77. The molecule has 2 N–H and O–H groups in total. The van der Waals surface area contributed by atoms with Gasteiger partial charge in [0.25, 0.3) is 11.8 Å². The molecule has 3 aliphatic heterocycles. The first-order valence-corrected chi connectivity index (χ1v) is 11.6. The lowest BCUT2D eigenvalue weighted by atomic mass is 9.72. The van der Waals surface area contributed by atoms with Gasteiger partial charge in [-0.2, -0.15) is 13.2 Å². The minimum atomic E-state index is -5.09. The van der Waals surface area contributed by atoms with Gasteiger partial charge in [-0.1, -0.05) is 0 Å². The van der Waals surface area contributed by atoms with Crippen molar-refractivity contribution in [3.8, 4) is 5.06 Å². The zero-order valence-electron chi connectivity index (χ0n) is 17.8. The van der Waals surface area contributed by atoms with Crippen molar-refractivity contribution in [2.24, 2.45) is 5.41 Å². The third kappa shape index (κ3) is 4.10. The van der Waals surface area contributed by atoms with Gasteiger partial charge in [0, 0.05) is 42.6 Å². The van der Waals surface area contributed by atoms with Crippen molar-refractivity contribution in [2.45, 2.75) is 56.9 Å². The van der Waals surface area contributed by atoms with Crippen LogP contribution in [0.2, 0.25) is 0 Å². The summed E-state index contributed by atoms with van der Waals surface area (Å²) < 4.78 is 50.7. The van der Waals surface area contributed by atoms with Crippen LogP contribution in [0, 0.1) is 5.41 Å². The van der Waals surface area contributed by atoms with Gasteiger partial charge in [0.15, 0.2) is 5.06 Å². The number of piperidine rings is 1. The number of alkyl halides is 3. The second-order valence-corrected chi connectivity index (χ2v) is 9.80. The van der Waals surface area contributed by atoms with Crippen LogP contribution in [0.25, 0.3) is 0 Å². The highest BCUT2D eigenvalue weighted by Gasteiger charge is 2.56. The molecule has 4 heterocycles. The largest absolute Gasteiger partial charge is 0.484 e. The second kappa shape index (κ2) is 8.49. The lowest BCUT2D eigenvalue weighted by Crippen LogP contribution is -2.62. The maximum atomic E-state index is 13.3. The van der Waals surface area contributed by atoms with Crippen LogP contribution in [-0.2, 0) is 16.0 Å². The number of rotatable bonds is 4. The van der Waals surface area contributed by atoms with Gasteiger partial charge in [0.1, 0.15) is 0 Å². The van der Waals surface area contributed by atoms with E-state index in [1.165, 1.54) is 11.3 Å². The number of hydrogen-bond acceptors (Lipinski definition) is 6. The summed E-state index contributed by atoms with van der Waals surface area (Å²) in [6.07, 6.45) is -1.96. The third-order valence-electron chi connectivity index (χ3n) is 6.76.